The van der Waals surface area contributed by atoms with Crippen molar-refractivity contribution in [2.75, 3.05) is 20.6 Å². The van der Waals surface area contributed by atoms with Crippen molar-refractivity contribution in [3.63, 3.8) is 0 Å². The standard InChI is InChI=1S/C17H32N4/c1-6-18-16(17(20(4)5)10-7-8-11-17)13-15-9-12-21(19-15)14(2)3/h9,12,14,16,18H,6-8,10-11,13H2,1-5H3. The molecule has 2 rings (SSSR count). The minimum Gasteiger partial charge on any atom is -0.312 e. The number of rotatable bonds is 7. The summed E-state index contributed by atoms with van der Waals surface area (Å²) in [5, 5.41) is 8.49. The molecule has 1 aliphatic carbocycles. The van der Waals surface area contributed by atoms with E-state index in [1.54, 1.807) is 0 Å². The van der Waals surface area contributed by atoms with Gasteiger partial charge in [0, 0.05) is 30.2 Å². The van der Waals surface area contributed by atoms with E-state index in [4.69, 9.17) is 5.10 Å². The summed E-state index contributed by atoms with van der Waals surface area (Å²) < 4.78 is 2.06. The first-order valence-electron chi connectivity index (χ1n) is 8.44. The van der Waals surface area contributed by atoms with Crippen LogP contribution in [0.1, 0.15) is 58.2 Å². The minimum absolute atomic E-state index is 0.289. The Morgan fingerprint density at radius 3 is 2.48 bits per heavy atom. The van der Waals surface area contributed by atoms with E-state index in [1.807, 2.05) is 0 Å². The van der Waals surface area contributed by atoms with Crippen molar-refractivity contribution in [3.8, 4) is 0 Å². The summed E-state index contributed by atoms with van der Waals surface area (Å²) in [5.74, 6) is 0. The van der Waals surface area contributed by atoms with Crippen LogP contribution in [0.4, 0.5) is 0 Å². The molecule has 1 saturated carbocycles. The van der Waals surface area contributed by atoms with Crippen LogP contribution in [0.25, 0.3) is 0 Å². The predicted octanol–water partition coefficient (Wildman–Crippen LogP) is 2.86. The summed E-state index contributed by atoms with van der Waals surface area (Å²) in [6.45, 7) is 7.58. The zero-order chi connectivity index (χ0) is 15.5. The molecular weight excluding hydrogens is 260 g/mol. The zero-order valence-electron chi connectivity index (χ0n) is 14.4. The second-order valence-electron chi connectivity index (χ2n) is 6.90. The molecule has 1 atom stereocenters. The van der Waals surface area contributed by atoms with Gasteiger partial charge in [-0.05, 0) is 53.4 Å². The number of nitrogens with one attached hydrogen (secondary N) is 1. The lowest BCUT2D eigenvalue weighted by Gasteiger charge is -2.43. The van der Waals surface area contributed by atoms with Crippen LogP contribution in [-0.2, 0) is 6.42 Å². The molecule has 1 fully saturated rings. The van der Waals surface area contributed by atoms with E-state index in [0.717, 1.165) is 13.0 Å². The maximum atomic E-state index is 4.75. The summed E-state index contributed by atoms with van der Waals surface area (Å²) in [4.78, 5) is 2.45. The van der Waals surface area contributed by atoms with Crippen molar-refractivity contribution in [2.24, 2.45) is 0 Å². The Balaban J connectivity index is 2.17. The third kappa shape index (κ3) is 3.49. The highest BCUT2D eigenvalue weighted by molar-refractivity contribution is 5.10. The molecule has 4 heteroatoms. The van der Waals surface area contributed by atoms with Gasteiger partial charge in [0.1, 0.15) is 0 Å². The highest BCUT2D eigenvalue weighted by Crippen LogP contribution is 2.37. The van der Waals surface area contributed by atoms with Gasteiger partial charge in [0.15, 0.2) is 0 Å². The van der Waals surface area contributed by atoms with Gasteiger partial charge in [-0.1, -0.05) is 19.8 Å². The summed E-state index contributed by atoms with van der Waals surface area (Å²) in [7, 11) is 4.48. The lowest BCUT2D eigenvalue weighted by Crippen LogP contribution is -2.58. The van der Waals surface area contributed by atoms with Gasteiger partial charge in [0.25, 0.3) is 0 Å². The second kappa shape index (κ2) is 6.93. The van der Waals surface area contributed by atoms with Crippen LogP contribution in [-0.4, -0.2) is 46.9 Å². The molecule has 1 N–H and O–H groups in total. The Bertz CT molecular complexity index is 430. The summed E-state index contributed by atoms with van der Waals surface area (Å²) in [5.41, 5.74) is 1.50. The Morgan fingerprint density at radius 2 is 2.00 bits per heavy atom. The van der Waals surface area contributed by atoms with E-state index < -0.39 is 0 Å². The molecule has 0 aromatic carbocycles. The first kappa shape index (κ1) is 16.5. The van der Waals surface area contributed by atoms with Gasteiger partial charge in [-0.25, -0.2) is 0 Å². The van der Waals surface area contributed by atoms with E-state index in [0.29, 0.717) is 12.1 Å². The van der Waals surface area contributed by atoms with Gasteiger partial charge in [-0.2, -0.15) is 5.10 Å². The van der Waals surface area contributed by atoms with Crippen LogP contribution in [0.3, 0.4) is 0 Å². The van der Waals surface area contributed by atoms with Crippen molar-refractivity contribution in [3.05, 3.63) is 18.0 Å². The average molecular weight is 292 g/mol. The fraction of sp³-hybridized carbons (Fsp3) is 0.824. The lowest BCUT2D eigenvalue weighted by atomic mass is 9.84. The Morgan fingerprint density at radius 1 is 1.33 bits per heavy atom. The second-order valence-corrected chi connectivity index (χ2v) is 6.90. The van der Waals surface area contributed by atoms with Crippen molar-refractivity contribution < 1.29 is 0 Å². The van der Waals surface area contributed by atoms with E-state index in [2.05, 4.69) is 62.0 Å². The summed E-state index contributed by atoms with van der Waals surface area (Å²) in [6.07, 6.45) is 8.41. The summed E-state index contributed by atoms with van der Waals surface area (Å²) >= 11 is 0. The van der Waals surface area contributed by atoms with Crippen molar-refractivity contribution in [2.45, 2.75) is 70.5 Å². The van der Waals surface area contributed by atoms with Crippen LogP contribution in [0.15, 0.2) is 12.3 Å². The molecule has 4 nitrogen and oxygen atoms in total. The highest BCUT2D eigenvalue weighted by Gasteiger charge is 2.42. The van der Waals surface area contributed by atoms with Crippen molar-refractivity contribution in [1.29, 1.82) is 0 Å². The van der Waals surface area contributed by atoms with Crippen LogP contribution in [0, 0.1) is 0 Å². The molecule has 0 aliphatic heterocycles. The van der Waals surface area contributed by atoms with Gasteiger partial charge in [0.2, 0.25) is 0 Å². The molecule has 0 radical (unpaired) electrons. The average Bonchev–Trinajstić information content (AvgIpc) is 3.08. The van der Waals surface area contributed by atoms with Crippen molar-refractivity contribution in [1.82, 2.24) is 20.0 Å². The predicted molar refractivity (Wildman–Crippen MR) is 88.7 cm³/mol. The number of hydrogen-bond acceptors (Lipinski definition) is 3. The van der Waals surface area contributed by atoms with Crippen LogP contribution in [0.2, 0.25) is 0 Å². The fourth-order valence-corrected chi connectivity index (χ4v) is 3.78. The number of likely N-dealkylation sites (N-methyl/N-ethyl adjacent to an activating group) is 2. The lowest BCUT2D eigenvalue weighted by molar-refractivity contribution is 0.104. The molecule has 0 spiro atoms. The molecule has 1 aromatic rings. The maximum Gasteiger partial charge on any atom is 0.0640 e. The van der Waals surface area contributed by atoms with Gasteiger partial charge in [-0.3, -0.25) is 4.68 Å². The first-order valence-corrected chi connectivity index (χ1v) is 8.44. The van der Waals surface area contributed by atoms with Gasteiger partial charge in [-0.15, -0.1) is 0 Å². The minimum atomic E-state index is 0.289. The summed E-state index contributed by atoms with van der Waals surface area (Å²) in [6, 6.07) is 3.10. The smallest absolute Gasteiger partial charge is 0.0640 e. The quantitative estimate of drug-likeness (QED) is 0.839. The van der Waals surface area contributed by atoms with Gasteiger partial charge < -0.3 is 10.2 Å². The van der Waals surface area contributed by atoms with E-state index >= 15 is 0 Å². The van der Waals surface area contributed by atoms with Crippen LogP contribution >= 0.6 is 0 Å². The normalized spacial score (nSPS) is 19.6. The van der Waals surface area contributed by atoms with Crippen molar-refractivity contribution >= 4 is 0 Å². The Kier molecular flexibility index (Phi) is 5.44. The molecule has 1 unspecified atom stereocenters. The van der Waals surface area contributed by atoms with E-state index in [9.17, 15) is 0 Å². The van der Waals surface area contributed by atoms with E-state index in [1.165, 1.54) is 31.4 Å². The van der Waals surface area contributed by atoms with Crippen LogP contribution < -0.4 is 5.32 Å². The molecule has 1 aromatic heterocycles. The molecule has 0 amide bonds. The molecule has 1 aliphatic rings. The molecule has 1 heterocycles. The molecule has 0 bridgehead atoms. The number of nitrogens with zero attached hydrogens (tertiary/aromatic N) is 3. The Labute approximate surface area is 129 Å². The monoisotopic (exact) mass is 292 g/mol. The molecule has 120 valence electrons. The van der Waals surface area contributed by atoms with E-state index in [-0.39, 0.29) is 5.54 Å². The topological polar surface area (TPSA) is 33.1 Å². The molecule has 21 heavy (non-hydrogen) atoms. The first-order chi connectivity index (χ1) is 9.99. The fourth-order valence-electron chi connectivity index (χ4n) is 3.78. The highest BCUT2D eigenvalue weighted by atomic mass is 15.3. The van der Waals surface area contributed by atoms with Gasteiger partial charge in [0.05, 0.1) is 5.69 Å². The largest absolute Gasteiger partial charge is 0.312 e. The molecular formula is C17H32N4. The SMILES string of the molecule is CCNC(Cc1ccn(C(C)C)n1)C1(N(C)C)CCCC1. The number of aromatic nitrogens is 2. The Hall–Kier alpha value is -0.870. The van der Waals surface area contributed by atoms with Crippen LogP contribution in [0.5, 0.6) is 0 Å². The third-order valence-electron chi connectivity index (χ3n) is 5.07. The van der Waals surface area contributed by atoms with Gasteiger partial charge >= 0.3 is 0 Å². The zero-order valence-corrected chi connectivity index (χ0v) is 14.4. The molecule has 0 saturated heterocycles. The maximum absolute atomic E-state index is 4.75. The number of hydrogen-bond donors (Lipinski definition) is 1. The third-order valence-corrected chi connectivity index (χ3v) is 5.07.